The molecule has 0 bridgehead atoms. The van der Waals surface area contributed by atoms with E-state index in [1.807, 2.05) is 6.21 Å². The average Bonchev–Trinajstić information content (AvgIpc) is 2.58. The van der Waals surface area contributed by atoms with E-state index in [4.69, 9.17) is 9.31 Å². The highest BCUT2D eigenvalue weighted by molar-refractivity contribution is 6.62. The molecule has 0 amide bonds. The monoisotopic (exact) mass is 257 g/mol. The van der Waals surface area contributed by atoms with Gasteiger partial charge in [-0.25, -0.2) is 0 Å². The number of benzene rings is 1. The molecule has 0 radical (unpaired) electrons. The summed E-state index contributed by atoms with van der Waals surface area (Å²) in [7, 11) is -0.277. The van der Waals surface area contributed by atoms with Gasteiger partial charge >= 0.3 is 7.12 Å². The average molecular weight is 257 g/mol. The second-order valence-electron chi connectivity index (χ2n) is 6.33. The molecule has 0 spiro atoms. The zero-order chi connectivity index (χ0) is 13.7. The molecule has 1 aromatic rings. The molecule has 0 aromatic heterocycles. The molecule has 2 aliphatic rings. The first kappa shape index (κ1) is 12.9. The maximum absolute atomic E-state index is 6.08. The van der Waals surface area contributed by atoms with Crippen LogP contribution in [0.3, 0.4) is 0 Å². The van der Waals surface area contributed by atoms with Crippen molar-refractivity contribution >= 4 is 24.5 Å². The van der Waals surface area contributed by atoms with Crippen LogP contribution in [-0.4, -0.2) is 24.5 Å². The number of fused-ring (bicyclic) bond motifs is 1. The molecule has 2 aliphatic heterocycles. The molecule has 19 heavy (non-hydrogen) atoms. The molecule has 3 nitrogen and oxygen atoms in total. The van der Waals surface area contributed by atoms with Gasteiger partial charge in [-0.05, 0) is 57.6 Å². The van der Waals surface area contributed by atoms with Crippen molar-refractivity contribution in [2.75, 3.05) is 0 Å². The summed E-state index contributed by atoms with van der Waals surface area (Å²) in [5, 5.41) is 0. The molecule has 1 aromatic carbocycles. The van der Waals surface area contributed by atoms with Crippen LogP contribution in [0.5, 0.6) is 0 Å². The minimum atomic E-state index is -0.286. The third kappa shape index (κ3) is 2.13. The van der Waals surface area contributed by atoms with Crippen molar-refractivity contribution in [3.63, 3.8) is 0 Å². The van der Waals surface area contributed by atoms with E-state index in [0.717, 1.165) is 24.0 Å². The van der Waals surface area contributed by atoms with E-state index in [1.54, 1.807) is 0 Å². The van der Waals surface area contributed by atoms with Crippen LogP contribution in [0.15, 0.2) is 23.2 Å². The van der Waals surface area contributed by atoms with E-state index >= 15 is 0 Å². The van der Waals surface area contributed by atoms with Gasteiger partial charge < -0.3 is 9.31 Å². The highest BCUT2D eigenvalue weighted by Crippen LogP contribution is 2.36. The summed E-state index contributed by atoms with van der Waals surface area (Å²) in [5.41, 5.74) is 2.88. The predicted molar refractivity (Wildman–Crippen MR) is 78.6 cm³/mol. The van der Waals surface area contributed by atoms with Crippen LogP contribution in [0, 0.1) is 0 Å². The lowest BCUT2D eigenvalue weighted by Crippen LogP contribution is -2.41. The Kier molecular flexibility index (Phi) is 2.84. The van der Waals surface area contributed by atoms with Crippen molar-refractivity contribution < 1.29 is 9.31 Å². The van der Waals surface area contributed by atoms with Gasteiger partial charge in [0, 0.05) is 6.21 Å². The van der Waals surface area contributed by atoms with Gasteiger partial charge in [0.15, 0.2) is 0 Å². The van der Waals surface area contributed by atoms with Crippen molar-refractivity contribution in [2.24, 2.45) is 4.99 Å². The normalized spacial score (nSPS) is 23.5. The summed E-state index contributed by atoms with van der Waals surface area (Å²) in [4.78, 5) is 4.41. The number of hydrogen-bond donors (Lipinski definition) is 0. The van der Waals surface area contributed by atoms with Crippen molar-refractivity contribution in [3.8, 4) is 0 Å². The topological polar surface area (TPSA) is 30.8 Å². The molecule has 2 heterocycles. The van der Waals surface area contributed by atoms with Gasteiger partial charge in [0.05, 0.1) is 16.9 Å². The summed E-state index contributed by atoms with van der Waals surface area (Å²) in [6.45, 7) is 8.32. The van der Waals surface area contributed by atoms with Crippen LogP contribution in [0.1, 0.15) is 39.7 Å². The van der Waals surface area contributed by atoms with E-state index in [1.165, 1.54) is 5.56 Å². The van der Waals surface area contributed by atoms with Gasteiger partial charge in [-0.2, -0.15) is 0 Å². The van der Waals surface area contributed by atoms with Crippen LogP contribution < -0.4 is 5.46 Å². The summed E-state index contributed by atoms with van der Waals surface area (Å²) < 4.78 is 12.2. The second-order valence-corrected chi connectivity index (χ2v) is 6.33. The quantitative estimate of drug-likeness (QED) is 0.724. The maximum atomic E-state index is 6.08. The van der Waals surface area contributed by atoms with Gasteiger partial charge in [0.1, 0.15) is 0 Å². The highest BCUT2D eigenvalue weighted by atomic mass is 16.7. The van der Waals surface area contributed by atoms with Crippen LogP contribution in [0.25, 0.3) is 0 Å². The SMILES string of the molecule is CC1(C)OB(c2ccc3c(c2)CCC=N3)OC1(C)C. The van der Waals surface area contributed by atoms with Crippen molar-refractivity contribution in [1.82, 2.24) is 0 Å². The van der Waals surface area contributed by atoms with Gasteiger partial charge in [-0.15, -0.1) is 0 Å². The number of nitrogens with zero attached hydrogens (tertiary/aromatic N) is 1. The molecule has 0 aliphatic carbocycles. The standard InChI is InChI=1S/C15H20BNO2/c1-14(2)15(3,4)19-16(18-14)12-7-8-13-11(10-12)6-5-9-17-13/h7-10H,5-6H2,1-4H3. The van der Waals surface area contributed by atoms with E-state index in [9.17, 15) is 0 Å². The Morgan fingerprint density at radius 2 is 1.79 bits per heavy atom. The Morgan fingerprint density at radius 3 is 2.47 bits per heavy atom. The van der Waals surface area contributed by atoms with Crippen molar-refractivity contribution in [3.05, 3.63) is 23.8 Å². The number of rotatable bonds is 1. The Labute approximate surface area is 115 Å². The van der Waals surface area contributed by atoms with E-state index in [2.05, 4.69) is 50.9 Å². The maximum Gasteiger partial charge on any atom is 0.494 e. The minimum Gasteiger partial charge on any atom is -0.399 e. The lowest BCUT2D eigenvalue weighted by Gasteiger charge is -2.32. The Balaban J connectivity index is 1.91. The largest absolute Gasteiger partial charge is 0.494 e. The van der Waals surface area contributed by atoms with Gasteiger partial charge in [0.2, 0.25) is 0 Å². The van der Waals surface area contributed by atoms with Gasteiger partial charge in [-0.3, -0.25) is 4.99 Å². The van der Waals surface area contributed by atoms with E-state index in [0.29, 0.717) is 0 Å². The van der Waals surface area contributed by atoms with Crippen molar-refractivity contribution in [1.29, 1.82) is 0 Å². The fourth-order valence-electron chi connectivity index (χ4n) is 2.44. The van der Waals surface area contributed by atoms with Gasteiger partial charge in [0.25, 0.3) is 0 Å². The molecular weight excluding hydrogens is 237 g/mol. The van der Waals surface area contributed by atoms with Crippen LogP contribution in [-0.2, 0) is 15.7 Å². The summed E-state index contributed by atoms with van der Waals surface area (Å²) in [5.74, 6) is 0. The molecule has 4 heteroatoms. The lowest BCUT2D eigenvalue weighted by molar-refractivity contribution is 0.00578. The number of hydrogen-bond acceptors (Lipinski definition) is 3. The number of aryl methyl sites for hydroxylation is 1. The van der Waals surface area contributed by atoms with Crippen LogP contribution in [0.2, 0.25) is 0 Å². The van der Waals surface area contributed by atoms with Gasteiger partial charge in [-0.1, -0.05) is 12.1 Å². The second kappa shape index (κ2) is 4.19. The summed E-state index contributed by atoms with van der Waals surface area (Å²) in [6, 6.07) is 6.29. The zero-order valence-corrected chi connectivity index (χ0v) is 12.1. The van der Waals surface area contributed by atoms with E-state index < -0.39 is 0 Å². The van der Waals surface area contributed by atoms with Crippen LogP contribution >= 0.6 is 0 Å². The summed E-state index contributed by atoms with van der Waals surface area (Å²) in [6.07, 6.45) is 4.04. The lowest BCUT2D eigenvalue weighted by atomic mass is 9.77. The van der Waals surface area contributed by atoms with Crippen LogP contribution in [0.4, 0.5) is 5.69 Å². The molecule has 1 saturated heterocycles. The summed E-state index contributed by atoms with van der Waals surface area (Å²) >= 11 is 0. The molecular formula is C15H20BNO2. The molecule has 3 rings (SSSR count). The zero-order valence-electron chi connectivity index (χ0n) is 12.1. The fraction of sp³-hybridized carbons (Fsp3) is 0.533. The molecule has 0 atom stereocenters. The first-order valence-corrected chi connectivity index (χ1v) is 6.90. The molecule has 0 saturated carbocycles. The first-order valence-electron chi connectivity index (χ1n) is 6.90. The smallest absolute Gasteiger partial charge is 0.399 e. The Morgan fingerprint density at radius 1 is 1.11 bits per heavy atom. The third-order valence-electron chi connectivity index (χ3n) is 4.40. The fourth-order valence-corrected chi connectivity index (χ4v) is 2.44. The van der Waals surface area contributed by atoms with E-state index in [-0.39, 0.29) is 18.3 Å². The predicted octanol–water partition coefficient (Wildman–Crippen LogP) is 2.63. The molecule has 0 N–H and O–H groups in total. The highest BCUT2D eigenvalue weighted by Gasteiger charge is 2.51. The molecule has 100 valence electrons. The molecule has 1 fully saturated rings. The Bertz CT molecular complexity index is 521. The first-order chi connectivity index (χ1) is 8.89. The molecule has 0 unspecified atom stereocenters. The van der Waals surface area contributed by atoms with Crippen molar-refractivity contribution in [2.45, 2.75) is 51.7 Å². The minimum absolute atomic E-state index is 0.277. The Hall–Kier alpha value is -1.13. The number of aliphatic imine (C=N–C) groups is 1. The third-order valence-corrected chi connectivity index (χ3v) is 4.40.